The third-order valence-corrected chi connectivity index (χ3v) is 2.44. The van der Waals surface area contributed by atoms with Gasteiger partial charge in [0.25, 0.3) is 5.69 Å². The van der Waals surface area contributed by atoms with Gasteiger partial charge in [-0.05, 0) is 23.8 Å². The van der Waals surface area contributed by atoms with Crippen molar-refractivity contribution in [1.82, 2.24) is 4.57 Å². The molecule has 0 aliphatic carbocycles. The van der Waals surface area contributed by atoms with Crippen LogP contribution in [0.25, 0.3) is 5.69 Å². The Labute approximate surface area is 97.1 Å². The van der Waals surface area contributed by atoms with E-state index in [1.165, 1.54) is 12.1 Å². The summed E-state index contributed by atoms with van der Waals surface area (Å²) < 4.78 is 1.74. The van der Waals surface area contributed by atoms with Crippen LogP contribution in [0.4, 0.5) is 11.4 Å². The molecule has 0 aliphatic rings. The molecule has 17 heavy (non-hydrogen) atoms. The summed E-state index contributed by atoms with van der Waals surface area (Å²) in [5, 5.41) is 19.5. The van der Waals surface area contributed by atoms with E-state index >= 15 is 0 Å². The van der Waals surface area contributed by atoms with Crippen molar-refractivity contribution >= 4 is 11.4 Å². The highest BCUT2D eigenvalue weighted by molar-refractivity contribution is 5.62. The molecule has 0 aliphatic heterocycles. The number of nitro groups is 1. The fourth-order valence-corrected chi connectivity index (χ4v) is 1.56. The van der Waals surface area contributed by atoms with Gasteiger partial charge in [0.1, 0.15) is 5.69 Å². The third kappa shape index (κ3) is 2.11. The highest BCUT2D eigenvalue weighted by atomic mass is 16.6. The third-order valence-electron chi connectivity index (χ3n) is 2.44. The molecule has 6 nitrogen and oxygen atoms in total. The van der Waals surface area contributed by atoms with E-state index in [2.05, 4.69) is 0 Å². The van der Waals surface area contributed by atoms with Gasteiger partial charge in [0, 0.05) is 24.1 Å². The molecule has 6 heteroatoms. The van der Waals surface area contributed by atoms with E-state index in [-0.39, 0.29) is 18.0 Å². The number of aromatic nitrogens is 1. The minimum absolute atomic E-state index is 0.0462. The van der Waals surface area contributed by atoms with Gasteiger partial charge in [0.2, 0.25) is 0 Å². The van der Waals surface area contributed by atoms with Crippen LogP contribution in [0.15, 0.2) is 36.7 Å². The van der Waals surface area contributed by atoms with Crippen LogP contribution in [0.1, 0.15) is 5.56 Å². The summed E-state index contributed by atoms with van der Waals surface area (Å²) in [4.78, 5) is 10.1. The van der Waals surface area contributed by atoms with Crippen molar-refractivity contribution < 1.29 is 10.0 Å². The molecule has 0 fully saturated rings. The molecule has 1 aromatic carbocycles. The van der Waals surface area contributed by atoms with Gasteiger partial charge in [-0.2, -0.15) is 0 Å². The summed E-state index contributed by atoms with van der Waals surface area (Å²) in [5.41, 5.74) is 7.09. The van der Waals surface area contributed by atoms with Crippen LogP contribution in [0.2, 0.25) is 0 Å². The van der Waals surface area contributed by atoms with Gasteiger partial charge >= 0.3 is 0 Å². The lowest BCUT2D eigenvalue weighted by Crippen LogP contribution is -1.98. The zero-order valence-corrected chi connectivity index (χ0v) is 8.91. The van der Waals surface area contributed by atoms with Gasteiger partial charge in [0.05, 0.1) is 11.5 Å². The number of aliphatic hydroxyl groups is 1. The number of nitrogens with two attached hydrogens (primary N) is 1. The first-order chi connectivity index (χ1) is 8.11. The Hall–Kier alpha value is -2.34. The zero-order chi connectivity index (χ0) is 12.4. The van der Waals surface area contributed by atoms with E-state index in [1.54, 1.807) is 29.1 Å². The SMILES string of the molecule is Nc1cc(-n2ccc(CO)c2)ccc1[N+](=O)[O-]. The lowest BCUT2D eigenvalue weighted by Gasteiger charge is -2.04. The van der Waals surface area contributed by atoms with E-state index < -0.39 is 4.92 Å². The number of benzene rings is 1. The van der Waals surface area contributed by atoms with Crippen molar-refractivity contribution in [3.63, 3.8) is 0 Å². The predicted molar refractivity (Wildman–Crippen MR) is 62.8 cm³/mol. The number of nitro benzene ring substituents is 1. The topological polar surface area (TPSA) is 94.3 Å². The second-order valence-electron chi connectivity index (χ2n) is 3.59. The molecule has 1 aromatic heterocycles. The fourth-order valence-electron chi connectivity index (χ4n) is 1.56. The standard InChI is InChI=1S/C11H11N3O3/c12-10-5-9(1-2-11(10)14(16)17)13-4-3-8(6-13)7-15/h1-6,15H,7,12H2. The Balaban J connectivity index is 2.40. The molecular formula is C11H11N3O3. The quantitative estimate of drug-likeness (QED) is 0.476. The number of hydrogen-bond donors (Lipinski definition) is 2. The first-order valence-electron chi connectivity index (χ1n) is 4.94. The molecule has 0 atom stereocenters. The normalized spacial score (nSPS) is 10.4. The Morgan fingerprint density at radius 3 is 2.71 bits per heavy atom. The Kier molecular flexibility index (Phi) is 2.80. The molecule has 3 N–H and O–H groups in total. The van der Waals surface area contributed by atoms with Gasteiger partial charge in [0.15, 0.2) is 0 Å². The van der Waals surface area contributed by atoms with Crippen LogP contribution in [0.3, 0.4) is 0 Å². The minimum atomic E-state index is -0.520. The van der Waals surface area contributed by atoms with Crippen molar-refractivity contribution in [2.45, 2.75) is 6.61 Å². The number of nitrogen functional groups attached to an aromatic ring is 1. The maximum Gasteiger partial charge on any atom is 0.292 e. The molecule has 88 valence electrons. The van der Waals surface area contributed by atoms with Crippen LogP contribution >= 0.6 is 0 Å². The Morgan fingerprint density at radius 2 is 2.18 bits per heavy atom. The molecule has 0 bridgehead atoms. The van der Waals surface area contributed by atoms with Crippen molar-refractivity contribution in [1.29, 1.82) is 0 Å². The van der Waals surface area contributed by atoms with Crippen molar-refractivity contribution in [3.05, 3.63) is 52.3 Å². The van der Waals surface area contributed by atoms with Crippen LogP contribution in [-0.4, -0.2) is 14.6 Å². The van der Waals surface area contributed by atoms with Gasteiger partial charge in [-0.25, -0.2) is 0 Å². The largest absolute Gasteiger partial charge is 0.393 e. The molecule has 0 saturated heterocycles. The Bertz CT molecular complexity index is 563. The van der Waals surface area contributed by atoms with Gasteiger partial charge in [-0.3, -0.25) is 10.1 Å². The molecule has 0 spiro atoms. The van der Waals surface area contributed by atoms with E-state index in [4.69, 9.17) is 10.8 Å². The molecule has 0 amide bonds. The van der Waals surface area contributed by atoms with Crippen molar-refractivity contribution in [3.8, 4) is 5.69 Å². The van der Waals surface area contributed by atoms with E-state index in [0.29, 0.717) is 5.69 Å². The fraction of sp³-hybridized carbons (Fsp3) is 0.0909. The second kappa shape index (κ2) is 4.26. The van der Waals surface area contributed by atoms with Crippen LogP contribution in [0.5, 0.6) is 0 Å². The maximum absolute atomic E-state index is 10.6. The number of anilines is 1. The van der Waals surface area contributed by atoms with E-state index in [9.17, 15) is 10.1 Å². The monoisotopic (exact) mass is 233 g/mol. The lowest BCUT2D eigenvalue weighted by atomic mass is 10.2. The lowest BCUT2D eigenvalue weighted by molar-refractivity contribution is -0.383. The summed E-state index contributed by atoms with van der Waals surface area (Å²) in [6.45, 7) is -0.0462. The van der Waals surface area contributed by atoms with Crippen molar-refractivity contribution in [2.24, 2.45) is 0 Å². The number of aliphatic hydroxyl groups excluding tert-OH is 1. The maximum atomic E-state index is 10.6. The molecular weight excluding hydrogens is 222 g/mol. The first-order valence-corrected chi connectivity index (χ1v) is 4.94. The molecule has 0 saturated carbocycles. The molecule has 0 radical (unpaired) electrons. The zero-order valence-electron chi connectivity index (χ0n) is 8.91. The molecule has 1 heterocycles. The van der Waals surface area contributed by atoms with Gasteiger partial charge in [-0.15, -0.1) is 0 Å². The van der Waals surface area contributed by atoms with Gasteiger partial charge in [-0.1, -0.05) is 0 Å². The van der Waals surface area contributed by atoms with Crippen LogP contribution < -0.4 is 5.73 Å². The predicted octanol–water partition coefficient (Wildman–Crippen LogP) is 1.46. The van der Waals surface area contributed by atoms with Gasteiger partial charge < -0.3 is 15.4 Å². The highest BCUT2D eigenvalue weighted by Crippen LogP contribution is 2.24. The summed E-state index contributed by atoms with van der Waals surface area (Å²) in [7, 11) is 0. The number of rotatable bonds is 3. The number of nitrogens with zero attached hydrogens (tertiary/aromatic N) is 2. The summed E-state index contributed by atoms with van der Waals surface area (Å²) in [5.74, 6) is 0. The average Bonchev–Trinajstić information content (AvgIpc) is 2.76. The Morgan fingerprint density at radius 1 is 1.41 bits per heavy atom. The highest BCUT2D eigenvalue weighted by Gasteiger charge is 2.11. The average molecular weight is 233 g/mol. The second-order valence-corrected chi connectivity index (χ2v) is 3.59. The smallest absolute Gasteiger partial charge is 0.292 e. The minimum Gasteiger partial charge on any atom is -0.393 e. The van der Waals surface area contributed by atoms with Crippen molar-refractivity contribution in [2.75, 3.05) is 5.73 Å². The summed E-state index contributed by atoms with van der Waals surface area (Å²) >= 11 is 0. The van der Waals surface area contributed by atoms with Crippen LogP contribution in [0, 0.1) is 10.1 Å². The number of hydrogen-bond acceptors (Lipinski definition) is 4. The summed E-state index contributed by atoms with van der Waals surface area (Å²) in [6.07, 6.45) is 3.49. The summed E-state index contributed by atoms with van der Waals surface area (Å²) in [6, 6.07) is 6.26. The van der Waals surface area contributed by atoms with E-state index in [0.717, 1.165) is 5.56 Å². The van der Waals surface area contributed by atoms with E-state index in [1.807, 2.05) is 0 Å². The van der Waals surface area contributed by atoms with Crippen LogP contribution in [-0.2, 0) is 6.61 Å². The molecule has 0 unspecified atom stereocenters. The molecule has 2 rings (SSSR count). The first kappa shape index (κ1) is 11.2. The molecule has 2 aromatic rings.